The van der Waals surface area contributed by atoms with Gasteiger partial charge in [0.15, 0.2) is 0 Å². The predicted molar refractivity (Wildman–Crippen MR) is 106 cm³/mol. The summed E-state index contributed by atoms with van der Waals surface area (Å²) in [7, 11) is 1.79. The van der Waals surface area contributed by atoms with Crippen LogP contribution in [0, 0.1) is 0 Å². The summed E-state index contributed by atoms with van der Waals surface area (Å²) in [6, 6.07) is 13.4. The van der Waals surface area contributed by atoms with Crippen LogP contribution in [-0.4, -0.2) is 41.8 Å². The third kappa shape index (κ3) is 4.39. The highest BCUT2D eigenvalue weighted by atomic mass is 16.4. The average Bonchev–Trinajstić information content (AvgIpc) is 2.80. The normalized spacial score (nSPS) is 13.3. The number of fused-ring (bicyclic) bond motifs is 1. The highest BCUT2D eigenvalue weighted by Gasteiger charge is 2.15. The molecule has 27 heavy (non-hydrogen) atoms. The first kappa shape index (κ1) is 18.3. The van der Waals surface area contributed by atoms with E-state index in [4.69, 9.17) is 5.73 Å². The molecule has 0 saturated heterocycles. The van der Waals surface area contributed by atoms with Gasteiger partial charge in [0.1, 0.15) is 12.1 Å². The van der Waals surface area contributed by atoms with E-state index in [0.29, 0.717) is 5.69 Å². The van der Waals surface area contributed by atoms with Crippen LogP contribution in [0.4, 0.5) is 11.4 Å². The van der Waals surface area contributed by atoms with Crippen molar-refractivity contribution in [3.05, 3.63) is 53.6 Å². The number of hydrogen-bond donors (Lipinski definition) is 3. The Morgan fingerprint density at radius 2 is 1.96 bits per heavy atom. The van der Waals surface area contributed by atoms with E-state index in [1.807, 2.05) is 42.5 Å². The van der Waals surface area contributed by atoms with Gasteiger partial charge in [-0.05, 0) is 41.5 Å². The highest BCUT2D eigenvalue weighted by Crippen LogP contribution is 2.31. The number of rotatable bonds is 6. The fourth-order valence-electron chi connectivity index (χ4n) is 2.83. The number of benzene rings is 2. The molecule has 7 nitrogen and oxygen atoms in total. The van der Waals surface area contributed by atoms with E-state index in [9.17, 15) is 14.7 Å². The number of hydrogen-bond acceptors (Lipinski definition) is 6. The number of aliphatic carboxylic acids is 1. The molecule has 3 rings (SSSR count). The number of nitrogens with one attached hydrogen (secondary N) is 1. The minimum Gasteiger partial charge on any atom is -0.478 e. The van der Waals surface area contributed by atoms with E-state index in [-0.39, 0.29) is 24.4 Å². The van der Waals surface area contributed by atoms with Gasteiger partial charge in [0.05, 0.1) is 12.2 Å². The van der Waals surface area contributed by atoms with Crippen LogP contribution in [0.2, 0.25) is 0 Å². The van der Waals surface area contributed by atoms with Crippen LogP contribution < -0.4 is 11.2 Å². The van der Waals surface area contributed by atoms with E-state index >= 15 is 0 Å². The Bertz CT molecular complexity index is 933. The smallest absolute Gasteiger partial charge is 0.332 e. The maximum absolute atomic E-state index is 11.4. The molecule has 0 unspecified atom stereocenters. The third-order valence-corrected chi connectivity index (χ3v) is 4.15. The van der Waals surface area contributed by atoms with Gasteiger partial charge in [0.2, 0.25) is 0 Å². The Morgan fingerprint density at radius 3 is 2.63 bits per heavy atom. The van der Waals surface area contributed by atoms with Crippen molar-refractivity contribution in [1.29, 1.82) is 0 Å². The van der Waals surface area contributed by atoms with Crippen LogP contribution in [0.15, 0.2) is 53.0 Å². The average molecular weight is 364 g/mol. The zero-order valence-corrected chi connectivity index (χ0v) is 14.8. The molecule has 0 saturated carbocycles. The largest absolute Gasteiger partial charge is 0.478 e. The lowest BCUT2D eigenvalue weighted by Gasteiger charge is -2.16. The zero-order valence-electron chi connectivity index (χ0n) is 14.8. The summed E-state index contributed by atoms with van der Waals surface area (Å²) in [6.45, 7) is 0.286. The maximum atomic E-state index is 11.4. The van der Waals surface area contributed by atoms with Crippen LogP contribution in [0.5, 0.6) is 0 Å². The zero-order chi connectivity index (χ0) is 19.4. The van der Waals surface area contributed by atoms with E-state index in [1.165, 1.54) is 0 Å². The molecular formula is C20H20N4O3. The monoisotopic (exact) mass is 364 g/mol. The summed E-state index contributed by atoms with van der Waals surface area (Å²) >= 11 is 0. The van der Waals surface area contributed by atoms with Crippen LogP contribution in [0.3, 0.4) is 0 Å². The van der Waals surface area contributed by atoms with Crippen LogP contribution in [0.25, 0.3) is 17.2 Å². The molecule has 0 aliphatic carbocycles. The molecule has 1 heterocycles. The SMILES string of the molecule is CN(CC=O)Nc1ccc(-c2ccc3c(c2)C=C(C(=O)O)CC(N)=N3)cc1. The van der Waals surface area contributed by atoms with E-state index in [1.54, 1.807) is 18.1 Å². The number of carboxylic acids is 1. The Morgan fingerprint density at radius 1 is 1.26 bits per heavy atom. The van der Waals surface area contributed by atoms with Crippen molar-refractivity contribution in [1.82, 2.24) is 5.01 Å². The summed E-state index contributed by atoms with van der Waals surface area (Å²) in [5, 5.41) is 11.0. The Labute approximate surface area is 156 Å². The summed E-state index contributed by atoms with van der Waals surface area (Å²) in [5.74, 6) is -0.716. The van der Waals surface area contributed by atoms with Gasteiger partial charge in [-0.15, -0.1) is 0 Å². The summed E-state index contributed by atoms with van der Waals surface area (Å²) in [5.41, 5.74) is 13.3. The number of nitrogens with two attached hydrogens (primary N) is 1. The van der Waals surface area contributed by atoms with Gasteiger partial charge in [-0.3, -0.25) is 0 Å². The van der Waals surface area contributed by atoms with Crippen molar-refractivity contribution in [3.8, 4) is 11.1 Å². The quantitative estimate of drug-likeness (QED) is 0.537. The van der Waals surface area contributed by atoms with Crippen molar-refractivity contribution in [3.63, 3.8) is 0 Å². The number of likely N-dealkylation sites (N-methyl/N-ethyl adjacent to an activating group) is 1. The standard InChI is InChI=1S/C20H20N4O3/c1-24(8-9-25)23-17-5-2-13(3-6-17)14-4-7-18-15(10-14)11-16(20(26)27)12-19(21)22-18/h2-7,9-11,23H,8,12H2,1H3,(H2,21,22)(H,26,27). The number of amidine groups is 1. The fourth-order valence-corrected chi connectivity index (χ4v) is 2.83. The van der Waals surface area contributed by atoms with Crippen molar-refractivity contribution >= 4 is 35.5 Å². The first-order valence-corrected chi connectivity index (χ1v) is 8.39. The van der Waals surface area contributed by atoms with Crippen LogP contribution in [-0.2, 0) is 9.59 Å². The Hall–Kier alpha value is -3.45. The molecule has 0 fully saturated rings. The fraction of sp³-hybridized carbons (Fsp3) is 0.150. The molecule has 0 bridgehead atoms. The molecule has 1 aliphatic heterocycles. The number of carbonyl (C=O) groups excluding carboxylic acids is 1. The van der Waals surface area contributed by atoms with Gasteiger partial charge in [-0.25, -0.2) is 14.8 Å². The lowest BCUT2D eigenvalue weighted by atomic mass is 10.00. The first-order chi connectivity index (χ1) is 13.0. The number of aliphatic imine (C=N–C) groups is 1. The second kappa shape index (κ2) is 7.84. The Kier molecular flexibility index (Phi) is 5.33. The second-order valence-electron chi connectivity index (χ2n) is 6.26. The van der Waals surface area contributed by atoms with Gasteiger partial charge < -0.3 is 21.1 Å². The number of anilines is 1. The number of nitrogens with zero attached hydrogens (tertiary/aromatic N) is 2. The minimum absolute atomic E-state index is 0.119. The number of hydrazine groups is 1. The highest BCUT2D eigenvalue weighted by molar-refractivity contribution is 6.02. The van der Waals surface area contributed by atoms with Gasteiger partial charge in [0.25, 0.3) is 0 Å². The molecule has 4 N–H and O–H groups in total. The van der Waals surface area contributed by atoms with Crippen molar-refractivity contribution in [2.75, 3.05) is 19.0 Å². The molecule has 1 aliphatic rings. The lowest BCUT2D eigenvalue weighted by molar-refractivity contribution is -0.132. The van der Waals surface area contributed by atoms with Crippen molar-refractivity contribution in [2.24, 2.45) is 10.7 Å². The molecule has 138 valence electrons. The lowest BCUT2D eigenvalue weighted by Crippen LogP contribution is -2.26. The molecule has 0 radical (unpaired) electrons. The molecule has 0 aromatic heterocycles. The topological polar surface area (TPSA) is 108 Å². The van der Waals surface area contributed by atoms with Gasteiger partial charge >= 0.3 is 5.97 Å². The number of carboxylic acid groups (broad SMARTS) is 1. The van der Waals surface area contributed by atoms with Gasteiger partial charge in [0, 0.05) is 30.3 Å². The van der Waals surface area contributed by atoms with Gasteiger partial charge in [-0.2, -0.15) is 0 Å². The van der Waals surface area contributed by atoms with Gasteiger partial charge in [-0.1, -0.05) is 18.2 Å². The maximum Gasteiger partial charge on any atom is 0.332 e. The first-order valence-electron chi connectivity index (χ1n) is 8.39. The minimum atomic E-state index is -0.999. The summed E-state index contributed by atoms with van der Waals surface area (Å²) < 4.78 is 0. The summed E-state index contributed by atoms with van der Waals surface area (Å²) in [6.07, 6.45) is 2.56. The number of aldehydes is 1. The molecule has 7 heteroatoms. The third-order valence-electron chi connectivity index (χ3n) is 4.15. The van der Waals surface area contributed by atoms with Crippen molar-refractivity contribution < 1.29 is 14.7 Å². The predicted octanol–water partition coefficient (Wildman–Crippen LogP) is 2.67. The molecule has 2 aromatic rings. The summed E-state index contributed by atoms with van der Waals surface area (Å²) in [4.78, 5) is 26.2. The molecular weight excluding hydrogens is 344 g/mol. The molecule has 0 atom stereocenters. The van der Waals surface area contributed by atoms with Crippen molar-refractivity contribution in [2.45, 2.75) is 6.42 Å². The van der Waals surface area contributed by atoms with Crippen LogP contribution in [0.1, 0.15) is 12.0 Å². The van der Waals surface area contributed by atoms with E-state index in [0.717, 1.165) is 28.7 Å². The van der Waals surface area contributed by atoms with E-state index in [2.05, 4.69) is 10.4 Å². The molecule has 0 spiro atoms. The number of carbonyl (C=O) groups is 2. The second-order valence-corrected chi connectivity index (χ2v) is 6.26. The molecule has 2 aromatic carbocycles. The van der Waals surface area contributed by atoms with E-state index < -0.39 is 5.97 Å². The molecule has 0 amide bonds. The Balaban J connectivity index is 1.90. The van der Waals surface area contributed by atoms with Crippen LogP contribution >= 0.6 is 0 Å².